The number of hydrogen-bond acceptors (Lipinski definition) is 7. The van der Waals surface area contributed by atoms with Gasteiger partial charge in [-0.25, -0.2) is 4.57 Å². The molecule has 0 spiro atoms. The molecule has 9 nitrogen and oxygen atoms in total. The van der Waals surface area contributed by atoms with Gasteiger partial charge in [0.2, 0.25) is 0 Å². The van der Waals surface area contributed by atoms with Gasteiger partial charge in [-0.3, -0.25) is 18.6 Å². The average molecular weight is 1490 g/mol. The molecule has 0 fully saturated rings. The number of carbonyl (C=O) groups is 2. The summed E-state index contributed by atoms with van der Waals surface area (Å²) in [5.74, 6) is -0.790. The second-order valence-corrected chi connectivity index (χ2v) is 31.3. The number of nitrogens with zero attached hydrogens (tertiary/aromatic N) is 1. The number of phosphoric acid groups is 1. The number of hydrogen-bond donors (Lipinski definition) is 1. The van der Waals surface area contributed by atoms with E-state index in [0.29, 0.717) is 17.4 Å². The maximum Gasteiger partial charge on any atom is 0.472 e. The molecule has 0 aliphatic carbocycles. The van der Waals surface area contributed by atoms with Gasteiger partial charge in [0.05, 0.1) is 27.7 Å². The molecule has 106 heavy (non-hydrogen) atoms. The van der Waals surface area contributed by atoms with Crippen LogP contribution < -0.4 is 0 Å². The Balaban J connectivity index is 3.95. The maximum atomic E-state index is 12.9. The Morgan fingerprint density at radius 2 is 0.509 bits per heavy atom. The summed E-state index contributed by atoms with van der Waals surface area (Å²) in [4.78, 5) is 36.1. The van der Waals surface area contributed by atoms with Crippen LogP contribution in [0.5, 0.6) is 0 Å². The molecule has 0 heterocycles. The highest BCUT2D eigenvalue weighted by atomic mass is 31.2. The van der Waals surface area contributed by atoms with Crippen molar-refractivity contribution in [2.75, 3.05) is 47.5 Å². The number of phosphoric ester groups is 1. The topological polar surface area (TPSA) is 108 Å². The summed E-state index contributed by atoms with van der Waals surface area (Å²) < 4.78 is 34.9. The lowest BCUT2D eigenvalue weighted by Gasteiger charge is -2.24. The van der Waals surface area contributed by atoms with Gasteiger partial charge in [-0.15, -0.1) is 0 Å². The molecule has 0 radical (unpaired) electrons. The second kappa shape index (κ2) is 84.1. The van der Waals surface area contributed by atoms with E-state index in [2.05, 4.69) is 196 Å². The van der Waals surface area contributed by atoms with E-state index in [1.54, 1.807) is 0 Å². The molecule has 0 aromatic heterocycles. The van der Waals surface area contributed by atoms with Crippen molar-refractivity contribution in [1.29, 1.82) is 0 Å². The summed E-state index contributed by atoms with van der Waals surface area (Å²) in [5, 5.41) is 0. The molecule has 0 saturated heterocycles. The molecular formula is C96H163NO8P+. The first-order valence-corrected chi connectivity index (χ1v) is 45.0. The number of allylic oxidation sites excluding steroid dienone is 30. The van der Waals surface area contributed by atoms with Gasteiger partial charge in [0.15, 0.2) is 6.10 Å². The van der Waals surface area contributed by atoms with Crippen molar-refractivity contribution in [2.24, 2.45) is 0 Å². The van der Waals surface area contributed by atoms with Gasteiger partial charge in [-0.2, -0.15) is 0 Å². The Morgan fingerprint density at radius 3 is 0.755 bits per heavy atom. The van der Waals surface area contributed by atoms with Crippen LogP contribution in [-0.2, 0) is 32.7 Å². The van der Waals surface area contributed by atoms with E-state index in [0.717, 1.165) is 135 Å². The molecular weight excluding hydrogens is 1330 g/mol. The molecule has 0 bridgehead atoms. The number of unbranched alkanes of at least 4 members (excludes halogenated alkanes) is 35. The third kappa shape index (κ3) is 88.0. The summed E-state index contributed by atoms with van der Waals surface area (Å²) in [5.41, 5.74) is 0. The minimum Gasteiger partial charge on any atom is -0.462 e. The SMILES string of the molecule is CC/C=C\C/C=C\C/C=C\C/C=C\C/C=C\C/C=C\C/C=C\C/C=C\CCCCCCCCCCCCCCCCCCC(=O)OC(COC(=O)CCCCCCCCCCCCCCCCCCCCC/C=C\C/C=C\C/C=C\C/C=C\C/C=C\C/C=C\C/C=C\CC)COP(=O)(O)OCC[N+](C)(C)C. The van der Waals surface area contributed by atoms with Crippen LogP contribution >= 0.6 is 7.82 Å². The monoisotopic (exact) mass is 1490 g/mol. The van der Waals surface area contributed by atoms with Crippen LogP contribution in [0.1, 0.15) is 361 Å². The summed E-state index contributed by atoms with van der Waals surface area (Å²) in [6.07, 6.45) is 129. The molecule has 1 N–H and O–H groups in total. The summed E-state index contributed by atoms with van der Waals surface area (Å²) >= 11 is 0. The summed E-state index contributed by atoms with van der Waals surface area (Å²) in [7, 11) is 1.48. The largest absolute Gasteiger partial charge is 0.472 e. The molecule has 0 aromatic carbocycles. The minimum absolute atomic E-state index is 0.0273. The van der Waals surface area contributed by atoms with Gasteiger partial charge in [0, 0.05) is 12.8 Å². The zero-order chi connectivity index (χ0) is 76.8. The van der Waals surface area contributed by atoms with Gasteiger partial charge in [0.1, 0.15) is 19.8 Å². The number of ether oxygens (including phenoxy) is 2. The normalized spacial score (nSPS) is 13.9. The van der Waals surface area contributed by atoms with Crippen LogP contribution in [0.4, 0.5) is 0 Å². The van der Waals surface area contributed by atoms with Crippen molar-refractivity contribution in [2.45, 2.75) is 367 Å². The molecule has 0 aromatic rings. The van der Waals surface area contributed by atoms with Crippen LogP contribution in [-0.4, -0.2) is 74.9 Å². The molecule has 0 aliphatic heterocycles. The smallest absolute Gasteiger partial charge is 0.462 e. The lowest BCUT2D eigenvalue weighted by atomic mass is 10.0. The quantitative estimate of drug-likeness (QED) is 0.0211. The summed E-state index contributed by atoms with van der Waals surface area (Å²) in [6.45, 7) is 4.23. The number of quaternary nitrogens is 1. The third-order valence-electron chi connectivity index (χ3n) is 18.4. The molecule has 0 aliphatic rings. The van der Waals surface area contributed by atoms with Crippen molar-refractivity contribution >= 4 is 19.8 Å². The van der Waals surface area contributed by atoms with Crippen molar-refractivity contribution in [3.8, 4) is 0 Å². The first-order chi connectivity index (χ1) is 52.0. The molecule has 10 heteroatoms. The molecule has 604 valence electrons. The Kier molecular flexibility index (Phi) is 80.3. The lowest BCUT2D eigenvalue weighted by Crippen LogP contribution is -2.37. The van der Waals surface area contributed by atoms with Crippen molar-refractivity contribution < 1.29 is 42.1 Å². The van der Waals surface area contributed by atoms with E-state index in [9.17, 15) is 19.0 Å². The van der Waals surface area contributed by atoms with E-state index in [-0.39, 0.29) is 32.0 Å². The van der Waals surface area contributed by atoms with Gasteiger partial charge in [-0.05, 0) is 135 Å². The van der Waals surface area contributed by atoms with E-state index in [4.69, 9.17) is 18.5 Å². The lowest BCUT2D eigenvalue weighted by molar-refractivity contribution is -0.870. The van der Waals surface area contributed by atoms with Crippen LogP contribution in [0.3, 0.4) is 0 Å². The van der Waals surface area contributed by atoms with Crippen molar-refractivity contribution in [3.05, 3.63) is 182 Å². The first-order valence-electron chi connectivity index (χ1n) is 43.5. The van der Waals surface area contributed by atoms with Crippen molar-refractivity contribution in [3.63, 3.8) is 0 Å². The van der Waals surface area contributed by atoms with Crippen LogP contribution in [0.25, 0.3) is 0 Å². The fourth-order valence-corrected chi connectivity index (χ4v) is 12.6. The van der Waals surface area contributed by atoms with Gasteiger partial charge in [-0.1, -0.05) is 395 Å². The Bertz CT molecular complexity index is 2460. The first kappa shape index (κ1) is 101. The molecule has 2 atom stereocenters. The highest BCUT2D eigenvalue weighted by Crippen LogP contribution is 2.43. The standard InChI is InChI=1S/C96H162NO8P/c1-6-8-10-12-14-16-18-20-22-24-26-28-30-32-34-36-38-40-42-44-46-48-50-52-54-56-58-60-62-64-66-68-70-72-74-76-78-80-82-84-86-88-95(98)102-92-94(93-104-106(100,101)103-91-90-97(3,4)5)105-96(99)89-87-85-83-81-79-77-75-73-71-69-67-65-63-61-59-57-55-53-51-49-47-45-43-41-39-37-35-33-31-29-27-25-23-21-19-17-15-13-11-9-7-2/h8-11,14-17,20-23,26-29,32-35,38-41,44-47,51,53,94H,6-7,12-13,18-19,24-25,30-31,36-37,42-43,48-50,52,54-93H2,1-5H3/p+1/b10-8-,11-9-,16-14-,17-15-,22-20-,23-21-,28-26-,29-27-,34-32-,35-33-,40-38-,41-39-,46-44-,47-45-,53-51-. The Hall–Kier alpha value is -4.89. The number of esters is 2. The van der Waals surface area contributed by atoms with Crippen LogP contribution in [0.2, 0.25) is 0 Å². The fraction of sp³-hybridized carbons (Fsp3) is 0.667. The average Bonchev–Trinajstić information content (AvgIpc) is 0.908. The zero-order valence-electron chi connectivity index (χ0n) is 69.1. The van der Waals surface area contributed by atoms with Crippen LogP contribution in [0.15, 0.2) is 182 Å². The zero-order valence-corrected chi connectivity index (χ0v) is 70.0. The maximum absolute atomic E-state index is 12.9. The Morgan fingerprint density at radius 1 is 0.292 bits per heavy atom. The predicted molar refractivity (Wildman–Crippen MR) is 463 cm³/mol. The second-order valence-electron chi connectivity index (χ2n) is 29.8. The van der Waals surface area contributed by atoms with Gasteiger partial charge < -0.3 is 18.9 Å². The predicted octanol–water partition coefficient (Wildman–Crippen LogP) is 29.7. The number of rotatable bonds is 79. The molecule has 0 rings (SSSR count). The molecule has 2 unspecified atom stereocenters. The fourth-order valence-electron chi connectivity index (χ4n) is 11.9. The Labute approximate surface area is 654 Å². The third-order valence-corrected chi connectivity index (χ3v) is 19.4. The summed E-state index contributed by atoms with van der Waals surface area (Å²) in [6, 6.07) is 0. The molecule has 0 saturated carbocycles. The van der Waals surface area contributed by atoms with E-state index in [1.807, 2.05) is 21.1 Å². The highest BCUT2D eigenvalue weighted by molar-refractivity contribution is 7.47. The molecule has 0 amide bonds. The van der Waals surface area contributed by atoms with E-state index in [1.165, 1.54) is 193 Å². The van der Waals surface area contributed by atoms with Gasteiger partial charge in [0.25, 0.3) is 0 Å². The van der Waals surface area contributed by atoms with Gasteiger partial charge >= 0.3 is 19.8 Å². The van der Waals surface area contributed by atoms with E-state index < -0.39 is 26.5 Å². The number of likely N-dealkylation sites (N-methyl/N-ethyl adjacent to an activating group) is 1. The highest BCUT2D eigenvalue weighted by Gasteiger charge is 2.27. The number of carbonyl (C=O) groups excluding carboxylic acids is 2. The van der Waals surface area contributed by atoms with Crippen LogP contribution in [0, 0.1) is 0 Å². The van der Waals surface area contributed by atoms with E-state index >= 15 is 0 Å². The minimum atomic E-state index is -4.41. The van der Waals surface area contributed by atoms with Crippen molar-refractivity contribution in [1.82, 2.24) is 0 Å².